The molecule has 0 spiro atoms. The van der Waals surface area contributed by atoms with Gasteiger partial charge in [0.1, 0.15) is 23.0 Å². The maximum Gasteiger partial charge on any atom is 0.344 e. The third kappa shape index (κ3) is 2.70. The molecule has 2 atom stereocenters. The van der Waals surface area contributed by atoms with Gasteiger partial charge in [0.15, 0.2) is 5.75 Å². The van der Waals surface area contributed by atoms with Crippen molar-refractivity contribution in [2.75, 3.05) is 0 Å². The molecule has 2 N–H and O–H groups in total. The van der Waals surface area contributed by atoms with Crippen LogP contribution in [-0.4, -0.2) is 22.5 Å². The van der Waals surface area contributed by atoms with Crippen molar-refractivity contribution in [2.24, 2.45) is 0 Å². The summed E-state index contributed by atoms with van der Waals surface area (Å²) in [6.45, 7) is 7.54. The molecule has 31 heavy (non-hydrogen) atoms. The minimum Gasteiger partial charge on any atom is -0.507 e. The maximum absolute atomic E-state index is 12.9. The van der Waals surface area contributed by atoms with Gasteiger partial charge in [-0.15, -0.1) is 0 Å². The lowest BCUT2D eigenvalue weighted by Gasteiger charge is -2.28. The third-order valence-corrected chi connectivity index (χ3v) is 6.17. The Bertz CT molecular complexity index is 1390. The molecule has 0 amide bonds. The van der Waals surface area contributed by atoms with Gasteiger partial charge in [-0.05, 0) is 74.2 Å². The van der Waals surface area contributed by atoms with Gasteiger partial charge in [0.25, 0.3) is 0 Å². The smallest absolute Gasteiger partial charge is 0.344 e. The van der Waals surface area contributed by atoms with Gasteiger partial charge >= 0.3 is 11.6 Å². The van der Waals surface area contributed by atoms with E-state index in [4.69, 9.17) is 13.9 Å². The predicted octanol–water partition coefficient (Wildman–Crippen LogP) is 3.71. The number of hydrogen-bond acceptors (Lipinski definition) is 7. The van der Waals surface area contributed by atoms with E-state index in [9.17, 15) is 19.8 Å². The summed E-state index contributed by atoms with van der Waals surface area (Å²) in [5.74, 6) is -2.07. The molecule has 0 bridgehead atoms. The molecule has 3 heterocycles. The van der Waals surface area contributed by atoms with Gasteiger partial charge in [-0.25, -0.2) is 4.79 Å². The van der Waals surface area contributed by atoms with E-state index >= 15 is 0 Å². The molecule has 2 aromatic carbocycles. The molecule has 0 aliphatic carbocycles. The standard InChI is InChI=1S/C24H20O7/c1-9-5-13-15(7-11(9)3)29-23(27)18(20(13)25)17-19-21(31-22(17)26)14-6-10(2)12(4)8-16(14)30-24(19)28/h5-8,17,23,25,27H,1-4H3. The lowest BCUT2D eigenvalue weighted by molar-refractivity contribution is -0.134. The van der Waals surface area contributed by atoms with Gasteiger partial charge in [0, 0.05) is 0 Å². The van der Waals surface area contributed by atoms with Crippen molar-refractivity contribution in [3.8, 4) is 11.5 Å². The van der Waals surface area contributed by atoms with Crippen LogP contribution in [0.2, 0.25) is 0 Å². The van der Waals surface area contributed by atoms with Gasteiger partial charge in [-0.1, -0.05) is 0 Å². The first-order valence-corrected chi connectivity index (χ1v) is 9.86. The van der Waals surface area contributed by atoms with Gasteiger partial charge in [0.05, 0.1) is 22.1 Å². The fraction of sp³-hybridized carbons (Fsp3) is 0.250. The van der Waals surface area contributed by atoms with Crippen LogP contribution in [-0.2, 0) is 4.79 Å². The van der Waals surface area contributed by atoms with Crippen molar-refractivity contribution in [3.63, 3.8) is 0 Å². The van der Waals surface area contributed by atoms with E-state index in [1.807, 2.05) is 27.7 Å². The number of ether oxygens (including phenoxy) is 2. The quantitative estimate of drug-likeness (QED) is 0.457. The Kier molecular flexibility index (Phi) is 4.04. The Morgan fingerprint density at radius 3 is 2.29 bits per heavy atom. The second kappa shape index (κ2) is 6.46. The molecule has 2 aliphatic heterocycles. The van der Waals surface area contributed by atoms with E-state index in [2.05, 4.69) is 0 Å². The highest BCUT2D eigenvalue weighted by atomic mass is 16.6. The second-order valence-corrected chi connectivity index (χ2v) is 8.13. The summed E-state index contributed by atoms with van der Waals surface area (Å²) in [7, 11) is 0. The number of carbonyl (C=O) groups excluding carboxylic acids is 1. The molecule has 0 fully saturated rings. The molecule has 0 saturated carbocycles. The van der Waals surface area contributed by atoms with Crippen LogP contribution in [0.4, 0.5) is 0 Å². The van der Waals surface area contributed by atoms with Crippen molar-refractivity contribution in [3.05, 3.63) is 73.6 Å². The molecule has 2 aliphatic rings. The number of aliphatic hydroxyl groups is 2. The van der Waals surface area contributed by atoms with Crippen LogP contribution >= 0.6 is 0 Å². The average molecular weight is 420 g/mol. The van der Waals surface area contributed by atoms with E-state index in [1.165, 1.54) is 0 Å². The summed E-state index contributed by atoms with van der Waals surface area (Å²) >= 11 is 0. The Morgan fingerprint density at radius 1 is 0.903 bits per heavy atom. The molecule has 7 heteroatoms. The molecule has 158 valence electrons. The normalized spacial score (nSPS) is 19.8. The number of rotatable bonds is 1. The Balaban J connectivity index is 1.77. The molecular weight excluding hydrogens is 400 g/mol. The van der Waals surface area contributed by atoms with Crippen LogP contribution in [0.3, 0.4) is 0 Å². The van der Waals surface area contributed by atoms with Crippen LogP contribution in [0.1, 0.15) is 39.3 Å². The van der Waals surface area contributed by atoms with E-state index in [0.717, 1.165) is 22.3 Å². The minimum absolute atomic E-state index is 0.0581. The third-order valence-electron chi connectivity index (χ3n) is 6.17. The molecule has 1 aromatic heterocycles. The van der Waals surface area contributed by atoms with Gasteiger partial charge < -0.3 is 24.1 Å². The second-order valence-electron chi connectivity index (χ2n) is 8.13. The minimum atomic E-state index is -1.63. The van der Waals surface area contributed by atoms with E-state index in [-0.39, 0.29) is 22.6 Å². The monoisotopic (exact) mass is 420 g/mol. The maximum atomic E-state index is 12.9. The number of aliphatic hydroxyl groups excluding tert-OH is 2. The number of fused-ring (bicyclic) bond motifs is 4. The fourth-order valence-corrected chi connectivity index (χ4v) is 4.17. The summed E-state index contributed by atoms with van der Waals surface area (Å²) in [5.41, 5.74) is 3.35. The van der Waals surface area contributed by atoms with Gasteiger partial charge in [0.2, 0.25) is 6.29 Å². The zero-order valence-electron chi connectivity index (χ0n) is 17.4. The molecule has 0 saturated heterocycles. The number of carbonyl (C=O) groups is 1. The number of esters is 1. The van der Waals surface area contributed by atoms with Crippen molar-refractivity contribution in [2.45, 2.75) is 39.9 Å². The highest BCUT2D eigenvalue weighted by Crippen LogP contribution is 2.47. The van der Waals surface area contributed by atoms with E-state index in [0.29, 0.717) is 22.3 Å². The largest absolute Gasteiger partial charge is 0.507 e. The van der Waals surface area contributed by atoms with Crippen LogP contribution < -0.4 is 15.1 Å². The van der Waals surface area contributed by atoms with Gasteiger partial charge in [-0.2, -0.15) is 0 Å². The van der Waals surface area contributed by atoms with Crippen LogP contribution in [0, 0.1) is 27.7 Å². The van der Waals surface area contributed by atoms with E-state index < -0.39 is 23.8 Å². The van der Waals surface area contributed by atoms with E-state index in [1.54, 1.807) is 24.3 Å². The Morgan fingerprint density at radius 2 is 1.55 bits per heavy atom. The summed E-state index contributed by atoms with van der Waals surface area (Å²) < 4.78 is 16.5. The van der Waals surface area contributed by atoms with Crippen molar-refractivity contribution in [1.29, 1.82) is 0 Å². The first-order chi connectivity index (χ1) is 14.7. The summed E-state index contributed by atoms with van der Waals surface area (Å²) in [6.07, 6.45) is -1.63. The molecule has 2 unspecified atom stereocenters. The Labute approximate surface area is 177 Å². The number of benzene rings is 2. The summed E-state index contributed by atoms with van der Waals surface area (Å²) in [4.78, 5) is 25.7. The molecule has 5 rings (SSSR count). The van der Waals surface area contributed by atoms with Crippen LogP contribution in [0.25, 0.3) is 16.7 Å². The summed E-state index contributed by atoms with van der Waals surface area (Å²) in [5, 5.41) is 22.1. The Hall–Kier alpha value is -3.58. The number of hydrogen-bond donors (Lipinski definition) is 2. The molecule has 0 radical (unpaired) electrons. The highest BCUT2D eigenvalue weighted by Gasteiger charge is 2.46. The zero-order valence-corrected chi connectivity index (χ0v) is 17.4. The van der Waals surface area contributed by atoms with Crippen LogP contribution in [0.15, 0.2) is 39.1 Å². The molecule has 7 nitrogen and oxygen atoms in total. The number of aryl methyl sites for hydroxylation is 4. The van der Waals surface area contributed by atoms with Crippen molar-refractivity contribution < 1.29 is 28.9 Å². The first kappa shape index (κ1) is 19.4. The van der Waals surface area contributed by atoms with Gasteiger partial charge in [-0.3, -0.25) is 4.79 Å². The highest BCUT2D eigenvalue weighted by molar-refractivity contribution is 5.98. The van der Waals surface area contributed by atoms with Crippen molar-refractivity contribution >= 4 is 22.7 Å². The predicted molar refractivity (Wildman–Crippen MR) is 112 cm³/mol. The first-order valence-electron chi connectivity index (χ1n) is 9.86. The summed E-state index contributed by atoms with van der Waals surface area (Å²) in [6, 6.07) is 6.91. The topological polar surface area (TPSA) is 106 Å². The average Bonchev–Trinajstić information content (AvgIpc) is 3.03. The lowest BCUT2D eigenvalue weighted by Crippen LogP contribution is -2.31. The molecule has 3 aromatic rings. The molecular formula is C24H20O7. The SMILES string of the molecule is Cc1cc2c(cc1C)C(O)=C(C1C(=O)Oc3c1c(=O)oc1cc(C)c(C)cc31)C(O)O2. The van der Waals surface area contributed by atoms with Crippen LogP contribution in [0.5, 0.6) is 11.5 Å². The fourth-order valence-electron chi connectivity index (χ4n) is 4.17. The lowest BCUT2D eigenvalue weighted by atomic mass is 9.87. The zero-order chi connectivity index (χ0) is 22.2. The van der Waals surface area contributed by atoms with Crippen molar-refractivity contribution in [1.82, 2.24) is 0 Å².